The summed E-state index contributed by atoms with van der Waals surface area (Å²) in [6.45, 7) is 0. The molecule has 3 aromatic carbocycles. The molecule has 0 spiro atoms. The molecule has 0 saturated carbocycles. The summed E-state index contributed by atoms with van der Waals surface area (Å²) in [4.78, 5) is 27.2. The lowest BCUT2D eigenvalue weighted by molar-refractivity contribution is -0.134. The number of allylic oxidation sites excluding steroid dienone is 1. The van der Waals surface area contributed by atoms with Gasteiger partial charge in [0.1, 0.15) is 15.4 Å². The first-order valence-corrected chi connectivity index (χ1v) is 15.7. The van der Waals surface area contributed by atoms with Gasteiger partial charge in [0.25, 0.3) is 5.56 Å². The molecular weight excluding hydrogens is 620 g/mol. The molecule has 234 valence electrons. The van der Waals surface area contributed by atoms with Gasteiger partial charge in [0, 0.05) is 0 Å². The fourth-order valence-electron chi connectivity index (χ4n) is 5.17. The number of rotatable bonds is 9. The van der Waals surface area contributed by atoms with E-state index in [4.69, 9.17) is 29.4 Å². The maximum atomic E-state index is 14.4. The first-order chi connectivity index (χ1) is 21.6. The van der Waals surface area contributed by atoms with Gasteiger partial charge >= 0.3 is 5.97 Å². The standard InChI is InChI=1S/C32H30N2O9S2/c1-39-21-13-11-18(15-23(21)41-3)16-25-30(35)34-29(33)28(45(37,38)20-9-7-6-8-10-20)26(27(31(34)44-25)32(36)43-5)19-12-14-22(40-2)24(17-19)42-4/h6-17,26H,33H2,1-5H3/b25-16+. The van der Waals surface area contributed by atoms with Crippen molar-refractivity contribution in [1.29, 1.82) is 0 Å². The Morgan fingerprint density at radius 3 is 2.04 bits per heavy atom. The number of sulfone groups is 1. The first-order valence-electron chi connectivity index (χ1n) is 13.4. The minimum atomic E-state index is -4.39. The number of nitrogens with zero attached hydrogens (tertiary/aromatic N) is 1. The van der Waals surface area contributed by atoms with Crippen molar-refractivity contribution in [3.05, 3.63) is 102 Å². The highest BCUT2D eigenvalue weighted by molar-refractivity contribution is 7.95. The number of hydrogen-bond donors (Lipinski definition) is 1. The van der Waals surface area contributed by atoms with Crippen LogP contribution in [0.25, 0.3) is 17.5 Å². The van der Waals surface area contributed by atoms with Crippen LogP contribution in [0.15, 0.2) is 81.3 Å². The average Bonchev–Trinajstić information content (AvgIpc) is 3.39. The van der Waals surface area contributed by atoms with E-state index in [0.717, 1.165) is 15.9 Å². The Balaban J connectivity index is 1.91. The Bertz CT molecular complexity index is 2120. The van der Waals surface area contributed by atoms with Crippen molar-refractivity contribution in [2.45, 2.75) is 10.8 Å². The number of nitrogens with two attached hydrogens (primary N) is 1. The van der Waals surface area contributed by atoms with E-state index in [1.165, 1.54) is 47.7 Å². The third-order valence-corrected chi connectivity index (χ3v) is 10.3. The normalized spacial score (nSPS) is 15.0. The van der Waals surface area contributed by atoms with Gasteiger partial charge in [-0.2, -0.15) is 0 Å². The summed E-state index contributed by atoms with van der Waals surface area (Å²) >= 11 is 0.980. The number of hydrogen-bond acceptors (Lipinski definition) is 11. The second-order valence-corrected chi connectivity index (χ2v) is 12.6. The molecule has 0 fully saturated rings. The molecule has 45 heavy (non-hydrogen) atoms. The number of aromatic nitrogens is 1. The minimum absolute atomic E-state index is 0.0681. The molecule has 11 nitrogen and oxygen atoms in total. The molecule has 1 atom stereocenters. The molecule has 0 saturated heterocycles. The van der Waals surface area contributed by atoms with Crippen molar-refractivity contribution in [1.82, 2.24) is 4.57 Å². The lowest BCUT2D eigenvalue weighted by Gasteiger charge is -2.28. The van der Waals surface area contributed by atoms with Gasteiger partial charge in [0.2, 0.25) is 9.84 Å². The number of fused-ring (bicyclic) bond motifs is 1. The van der Waals surface area contributed by atoms with Crippen LogP contribution in [0.4, 0.5) is 0 Å². The molecule has 4 aromatic rings. The quantitative estimate of drug-likeness (QED) is 0.268. The van der Waals surface area contributed by atoms with Gasteiger partial charge in [0.15, 0.2) is 23.0 Å². The Hall–Kier alpha value is -5.01. The number of benzene rings is 3. The van der Waals surface area contributed by atoms with E-state index in [2.05, 4.69) is 0 Å². The number of thiazole rings is 1. The summed E-state index contributed by atoms with van der Waals surface area (Å²) in [7, 11) is 2.70. The van der Waals surface area contributed by atoms with Crippen LogP contribution in [0.3, 0.4) is 0 Å². The molecule has 1 unspecified atom stereocenters. The molecule has 0 bridgehead atoms. The number of ether oxygens (including phenoxy) is 5. The van der Waals surface area contributed by atoms with E-state index in [9.17, 15) is 18.0 Å². The second-order valence-electron chi connectivity index (χ2n) is 9.69. The Morgan fingerprint density at radius 1 is 0.844 bits per heavy atom. The molecule has 2 heterocycles. The maximum Gasteiger partial charge on any atom is 0.337 e. The van der Waals surface area contributed by atoms with Gasteiger partial charge < -0.3 is 29.4 Å². The third-order valence-electron chi connectivity index (χ3n) is 7.29. The van der Waals surface area contributed by atoms with Crippen molar-refractivity contribution in [3.63, 3.8) is 0 Å². The van der Waals surface area contributed by atoms with E-state index in [-0.39, 0.29) is 30.4 Å². The summed E-state index contributed by atoms with van der Waals surface area (Å²) in [5.74, 6) is -0.816. The highest BCUT2D eigenvalue weighted by Gasteiger charge is 2.42. The molecule has 5 rings (SSSR count). The Labute approximate surface area is 262 Å². The SMILES string of the molecule is COC(=O)C1=c2s/c(=C/c3ccc(OC)c(OC)c3)c(=O)n2C(N)=C(S(=O)(=O)c2ccccc2)C1c1ccc(OC)c(OC)c1. The summed E-state index contributed by atoms with van der Waals surface area (Å²) in [5, 5.41) is 0. The van der Waals surface area contributed by atoms with Gasteiger partial charge in [-0.05, 0) is 53.6 Å². The van der Waals surface area contributed by atoms with Crippen LogP contribution < -0.4 is 39.4 Å². The zero-order valence-corrected chi connectivity index (χ0v) is 26.7. The summed E-state index contributed by atoms with van der Waals surface area (Å²) in [6.07, 6.45) is 1.60. The average molecular weight is 651 g/mol. The van der Waals surface area contributed by atoms with Crippen LogP contribution in [0.2, 0.25) is 0 Å². The van der Waals surface area contributed by atoms with Crippen molar-refractivity contribution in [2.24, 2.45) is 5.73 Å². The lowest BCUT2D eigenvalue weighted by atomic mass is 9.89. The van der Waals surface area contributed by atoms with Crippen LogP contribution >= 0.6 is 11.3 Å². The highest BCUT2D eigenvalue weighted by Crippen LogP contribution is 2.44. The van der Waals surface area contributed by atoms with E-state index >= 15 is 0 Å². The third kappa shape index (κ3) is 5.44. The smallest absolute Gasteiger partial charge is 0.337 e. The number of esters is 1. The van der Waals surface area contributed by atoms with Gasteiger partial charge in [0.05, 0.1) is 56.5 Å². The predicted molar refractivity (Wildman–Crippen MR) is 170 cm³/mol. The fourth-order valence-corrected chi connectivity index (χ4v) is 8.04. The van der Waals surface area contributed by atoms with E-state index in [1.807, 2.05) is 0 Å². The van der Waals surface area contributed by atoms with E-state index in [1.54, 1.807) is 60.7 Å². The summed E-state index contributed by atoms with van der Waals surface area (Å²) in [5.41, 5.74) is 6.91. The number of methoxy groups -OCH3 is 5. The molecule has 0 amide bonds. The fraction of sp³-hybridized carbons (Fsp3) is 0.188. The molecule has 1 aliphatic rings. The van der Waals surface area contributed by atoms with Crippen LogP contribution in [0.1, 0.15) is 17.0 Å². The van der Waals surface area contributed by atoms with Gasteiger partial charge in [-0.3, -0.25) is 9.36 Å². The maximum absolute atomic E-state index is 14.4. The molecule has 0 aliphatic carbocycles. The molecule has 13 heteroatoms. The van der Waals surface area contributed by atoms with Gasteiger partial charge in [-0.25, -0.2) is 13.2 Å². The summed E-state index contributed by atoms with van der Waals surface area (Å²) in [6, 6.07) is 17.5. The molecular formula is C32H30N2O9S2. The van der Waals surface area contributed by atoms with Crippen LogP contribution in [-0.4, -0.2) is 54.5 Å². The van der Waals surface area contributed by atoms with Gasteiger partial charge in [-0.1, -0.05) is 30.3 Å². The van der Waals surface area contributed by atoms with E-state index < -0.39 is 27.3 Å². The molecule has 1 aliphatic heterocycles. The first kappa shape index (κ1) is 31.4. The van der Waals surface area contributed by atoms with E-state index in [0.29, 0.717) is 34.1 Å². The topological polar surface area (TPSA) is 145 Å². The minimum Gasteiger partial charge on any atom is -0.493 e. The largest absolute Gasteiger partial charge is 0.493 e. The summed E-state index contributed by atoms with van der Waals surface area (Å²) < 4.78 is 56.8. The molecule has 2 N–H and O–H groups in total. The monoisotopic (exact) mass is 650 g/mol. The van der Waals surface area contributed by atoms with Crippen molar-refractivity contribution >= 4 is 44.6 Å². The van der Waals surface area contributed by atoms with Crippen molar-refractivity contribution in [2.75, 3.05) is 35.5 Å². The number of carbonyl (C=O) groups is 1. The zero-order chi connectivity index (χ0) is 32.5. The molecule has 1 aromatic heterocycles. The second kappa shape index (κ2) is 12.5. The lowest BCUT2D eigenvalue weighted by Crippen LogP contribution is -2.41. The van der Waals surface area contributed by atoms with Crippen molar-refractivity contribution in [3.8, 4) is 23.0 Å². The van der Waals surface area contributed by atoms with Gasteiger partial charge in [-0.15, -0.1) is 11.3 Å². The zero-order valence-electron chi connectivity index (χ0n) is 25.0. The van der Waals surface area contributed by atoms with Crippen molar-refractivity contribution < 1.29 is 36.9 Å². The highest BCUT2D eigenvalue weighted by atomic mass is 32.2. The van der Waals surface area contributed by atoms with Crippen LogP contribution in [-0.2, 0) is 19.4 Å². The Kier molecular flexibility index (Phi) is 8.75. The Morgan fingerprint density at radius 2 is 1.44 bits per heavy atom. The number of carbonyl (C=O) groups excluding carboxylic acids is 1. The van der Waals surface area contributed by atoms with Crippen LogP contribution in [0, 0.1) is 0 Å². The molecule has 0 radical (unpaired) electrons. The van der Waals surface area contributed by atoms with Crippen LogP contribution in [0.5, 0.6) is 23.0 Å². The predicted octanol–water partition coefficient (Wildman–Crippen LogP) is 2.45.